The smallest absolute Gasteiger partial charge is 0.133 e. The third kappa shape index (κ3) is 13.3. The van der Waals surface area contributed by atoms with Crippen LogP contribution >= 0.6 is 70.6 Å². The van der Waals surface area contributed by atoms with Crippen LogP contribution in [0.2, 0.25) is 0 Å². The van der Waals surface area contributed by atoms with Crippen LogP contribution in [0.4, 0.5) is 0 Å². The van der Waals surface area contributed by atoms with Gasteiger partial charge >= 0.3 is 0 Å². The van der Waals surface area contributed by atoms with E-state index in [9.17, 15) is 5.11 Å². The highest BCUT2D eigenvalue weighted by atomic mass is 32.2. The minimum Gasteiger partial charge on any atom is -0.490 e. The molecule has 3 aliphatic rings. The number of rotatable bonds is 15. The molecule has 2 aromatic carbocycles. The summed E-state index contributed by atoms with van der Waals surface area (Å²) in [6.45, 7) is 33.2. The zero-order valence-corrected chi connectivity index (χ0v) is 42.5. The van der Waals surface area contributed by atoms with Crippen molar-refractivity contribution in [2.45, 2.75) is 152 Å². The highest BCUT2D eigenvalue weighted by Gasteiger charge is 2.42. The van der Waals surface area contributed by atoms with Crippen molar-refractivity contribution in [3.8, 4) is 11.5 Å². The highest BCUT2D eigenvalue weighted by Crippen LogP contribution is 2.48. The molecule has 5 unspecified atom stereocenters. The van der Waals surface area contributed by atoms with E-state index in [1.807, 2.05) is 23.5 Å². The summed E-state index contributed by atoms with van der Waals surface area (Å²) in [6.07, 6.45) is -0.378. The molecule has 4 nitrogen and oxygen atoms in total. The van der Waals surface area contributed by atoms with Gasteiger partial charge in [0.2, 0.25) is 0 Å². The second kappa shape index (κ2) is 19.6. The Hall–Kier alpha value is 0.0600. The van der Waals surface area contributed by atoms with Gasteiger partial charge in [-0.15, -0.1) is 11.8 Å². The van der Waals surface area contributed by atoms with Gasteiger partial charge in [-0.1, -0.05) is 121 Å². The van der Waals surface area contributed by atoms with E-state index in [1.165, 1.54) is 67.9 Å². The van der Waals surface area contributed by atoms with Crippen LogP contribution in [0.5, 0.6) is 11.5 Å². The molecule has 0 spiro atoms. The third-order valence-electron chi connectivity index (χ3n) is 11.0. The maximum absolute atomic E-state index is 11.1. The first-order valence-electron chi connectivity index (χ1n) is 21.0. The van der Waals surface area contributed by atoms with Crippen molar-refractivity contribution in [1.82, 2.24) is 0 Å². The zero-order valence-electron chi connectivity index (χ0n) is 37.6. The van der Waals surface area contributed by atoms with E-state index in [-0.39, 0.29) is 38.6 Å². The number of aliphatic hydroxyl groups is 1. The van der Waals surface area contributed by atoms with Crippen molar-refractivity contribution in [1.29, 1.82) is 0 Å². The van der Waals surface area contributed by atoms with Gasteiger partial charge in [-0.05, 0) is 32.8 Å². The Kier molecular flexibility index (Phi) is 16.6. The molecule has 10 heteroatoms. The first-order valence-corrected chi connectivity index (χ1v) is 27.6. The second-order valence-electron chi connectivity index (χ2n) is 20.8. The Morgan fingerprint density at radius 3 is 1.51 bits per heavy atom. The normalized spacial score (nSPS) is 23.0. The molecule has 3 fully saturated rings. The molecule has 57 heavy (non-hydrogen) atoms. The van der Waals surface area contributed by atoms with Crippen LogP contribution in [0.3, 0.4) is 0 Å². The minimum atomic E-state index is -0.517. The van der Waals surface area contributed by atoms with Gasteiger partial charge in [0.05, 0.1) is 6.10 Å². The largest absolute Gasteiger partial charge is 0.490 e. The second-order valence-corrected chi connectivity index (χ2v) is 28.1. The molecule has 5 rings (SSSR count). The Labute approximate surface area is 373 Å². The molecule has 3 saturated heterocycles. The predicted octanol–water partition coefficient (Wildman–Crippen LogP) is 12.2. The van der Waals surface area contributed by atoms with Crippen molar-refractivity contribution in [2.75, 3.05) is 65.0 Å². The molecule has 0 amide bonds. The van der Waals surface area contributed by atoms with E-state index in [2.05, 4.69) is 168 Å². The van der Waals surface area contributed by atoms with Gasteiger partial charge in [0.1, 0.15) is 36.3 Å². The third-order valence-corrected chi connectivity index (χ3v) is 19.7. The Morgan fingerprint density at radius 2 is 1.09 bits per heavy atom. The highest BCUT2D eigenvalue weighted by molar-refractivity contribution is 8.08. The van der Waals surface area contributed by atoms with Gasteiger partial charge in [0.25, 0.3) is 0 Å². The Bertz CT molecular complexity index is 1460. The fourth-order valence-electron chi connectivity index (χ4n) is 7.27. The van der Waals surface area contributed by atoms with Crippen LogP contribution in [0.25, 0.3) is 0 Å². The van der Waals surface area contributed by atoms with Gasteiger partial charge in [-0.25, -0.2) is 0 Å². The number of epoxide rings is 1. The van der Waals surface area contributed by atoms with Crippen LogP contribution < -0.4 is 9.47 Å². The molecule has 2 aromatic rings. The van der Waals surface area contributed by atoms with Crippen LogP contribution in [-0.4, -0.2) is 98.2 Å². The van der Waals surface area contributed by atoms with E-state index in [1.54, 1.807) is 0 Å². The number of ether oxygens (including phenoxy) is 3. The number of thioether (sulfide) groups is 6. The molecular formula is C47H74O4S6. The van der Waals surface area contributed by atoms with Gasteiger partial charge in [0.15, 0.2) is 0 Å². The zero-order chi connectivity index (χ0) is 42.0. The first-order chi connectivity index (χ1) is 26.5. The summed E-state index contributed by atoms with van der Waals surface area (Å²) >= 11 is 12.2. The maximum Gasteiger partial charge on any atom is 0.133 e. The van der Waals surface area contributed by atoms with Crippen molar-refractivity contribution in [3.63, 3.8) is 0 Å². The molecule has 0 radical (unpaired) electrons. The molecular weight excluding hydrogens is 821 g/mol. The summed E-state index contributed by atoms with van der Waals surface area (Å²) in [5.74, 6) is 12.4. The summed E-state index contributed by atoms with van der Waals surface area (Å²) in [5.41, 5.74) is 6.76. The molecule has 0 aromatic heterocycles. The lowest BCUT2D eigenvalue weighted by atomic mass is 9.69. The van der Waals surface area contributed by atoms with Gasteiger partial charge in [-0.3, -0.25) is 0 Å². The van der Waals surface area contributed by atoms with Gasteiger partial charge in [-0.2, -0.15) is 58.8 Å². The maximum atomic E-state index is 11.1. The van der Waals surface area contributed by atoms with E-state index >= 15 is 0 Å². The molecule has 3 heterocycles. The van der Waals surface area contributed by atoms with Gasteiger partial charge in [0, 0.05) is 89.9 Å². The molecule has 0 bridgehead atoms. The van der Waals surface area contributed by atoms with Crippen LogP contribution in [0, 0.1) is 0 Å². The van der Waals surface area contributed by atoms with E-state index in [0.29, 0.717) is 24.2 Å². The topological polar surface area (TPSA) is 51.2 Å². The van der Waals surface area contributed by atoms with Crippen LogP contribution in [-0.2, 0) is 31.8 Å². The summed E-state index contributed by atoms with van der Waals surface area (Å²) < 4.78 is 19.8. The van der Waals surface area contributed by atoms with Crippen molar-refractivity contribution < 1.29 is 19.3 Å². The summed E-state index contributed by atoms with van der Waals surface area (Å²) in [6, 6.07) is 9.65. The molecule has 0 saturated carbocycles. The number of hydrogen-bond donors (Lipinski definition) is 1. The fraction of sp³-hybridized carbons (Fsp3) is 0.745. The van der Waals surface area contributed by atoms with E-state index in [0.717, 1.165) is 28.3 Å². The molecule has 5 atom stereocenters. The minimum absolute atomic E-state index is 0.131. The SMILES string of the molecule is CC(C)(C)c1cc(C(C)(C)c2cc(C(C)(C)C)c(OCC3OC3SCC3CSCCS3)c(C(C)(C)C)c2)cc(C(C)(C)C)c1OCC(O)CSCC1CSCCS1. The Morgan fingerprint density at radius 1 is 0.649 bits per heavy atom. The molecule has 3 aliphatic heterocycles. The van der Waals surface area contributed by atoms with Crippen molar-refractivity contribution >= 4 is 70.6 Å². The lowest BCUT2D eigenvalue weighted by Crippen LogP contribution is -2.28. The molecule has 0 aliphatic carbocycles. The first kappa shape index (κ1) is 48.1. The average Bonchev–Trinajstić information content (AvgIpc) is 3.89. The summed E-state index contributed by atoms with van der Waals surface area (Å²) in [7, 11) is 0. The van der Waals surface area contributed by atoms with E-state index < -0.39 is 6.10 Å². The monoisotopic (exact) mass is 894 g/mol. The number of benzene rings is 2. The van der Waals surface area contributed by atoms with Crippen LogP contribution in [0.15, 0.2) is 24.3 Å². The van der Waals surface area contributed by atoms with Crippen LogP contribution in [0.1, 0.15) is 130 Å². The summed E-state index contributed by atoms with van der Waals surface area (Å²) in [4.78, 5) is 0. The fourth-order valence-corrected chi connectivity index (χ4v) is 15.6. The average molecular weight is 896 g/mol. The summed E-state index contributed by atoms with van der Waals surface area (Å²) in [5, 5.41) is 12.6. The van der Waals surface area contributed by atoms with Crippen molar-refractivity contribution in [2.24, 2.45) is 0 Å². The lowest BCUT2D eigenvalue weighted by molar-refractivity contribution is 0.123. The van der Waals surface area contributed by atoms with Crippen molar-refractivity contribution in [3.05, 3.63) is 57.6 Å². The quantitative estimate of drug-likeness (QED) is 0.175. The molecule has 1 N–H and O–H groups in total. The van der Waals surface area contributed by atoms with E-state index in [4.69, 9.17) is 14.2 Å². The standard InChI is InChI=1S/C47H74O4S6/c1-43(2,3)35-19-30(20-36(44(4,5)6)40(35)49-23-32(48)25-54-28-33-26-52-15-17-55-33)47(13,14)31-21-37(45(7,8)9)41(38(22-31)46(10,11)12)50-24-39-42(51-39)57-29-34-27-53-16-18-56-34/h19-22,32-34,39,42,48H,15-18,23-29H2,1-14H3. The molecule has 322 valence electrons. The van der Waals surface area contributed by atoms with Gasteiger partial charge < -0.3 is 19.3 Å². The Balaban J connectivity index is 1.43. The predicted molar refractivity (Wildman–Crippen MR) is 262 cm³/mol. The number of aliphatic hydroxyl groups excluding tert-OH is 1. The number of hydrogen-bond acceptors (Lipinski definition) is 10. The lowest BCUT2D eigenvalue weighted by Gasteiger charge is -2.37.